The number of anilines is 1. The molecule has 2 aromatic rings. The van der Waals surface area contributed by atoms with E-state index < -0.39 is 0 Å². The zero-order valence-electron chi connectivity index (χ0n) is 11.9. The van der Waals surface area contributed by atoms with Gasteiger partial charge in [0.05, 0.1) is 7.11 Å². The molecule has 21 heavy (non-hydrogen) atoms. The Bertz CT molecular complexity index is 609. The summed E-state index contributed by atoms with van der Waals surface area (Å²) in [6.45, 7) is 0. The first kappa shape index (κ1) is 14.1. The molecule has 2 heterocycles. The molecule has 112 valence electrons. The normalized spacial score (nSPS) is 15.9. The highest BCUT2D eigenvalue weighted by Gasteiger charge is 2.20. The highest BCUT2D eigenvalue weighted by molar-refractivity contribution is 7.99. The lowest BCUT2D eigenvalue weighted by molar-refractivity contribution is 0.184. The Hall–Kier alpha value is -1.82. The minimum Gasteiger partial charge on any atom is -0.492 e. The number of methoxy groups -OCH3 is 1. The second kappa shape index (κ2) is 6.30. The van der Waals surface area contributed by atoms with Gasteiger partial charge in [-0.15, -0.1) is 0 Å². The van der Waals surface area contributed by atoms with Crippen LogP contribution in [0.2, 0.25) is 0 Å². The summed E-state index contributed by atoms with van der Waals surface area (Å²) in [5.74, 6) is 3.99. The van der Waals surface area contributed by atoms with E-state index in [0.717, 1.165) is 35.7 Å². The zero-order chi connectivity index (χ0) is 14.7. The van der Waals surface area contributed by atoms with Crippen LogP contribution >= 0.6 is 11.8 Å². The molecule has 0 amide bonds. The molecule has 1 saturated heterocycles. The van der Waals surface area contributed by atoms with E-state index in [9.17, 15) is 0 Å². The maximum atomic E-state index is 6.12. The first-order chi connectivity index (χ1) is 10.3. The van der Waals surface area contributed by atoms with E-state index in [-0.39, 0.29) is 12.0 Å². The number of nitrogen functional groups attached to an aromatic ring is 1. The second-order valence-electron chi connectivity index (χ2n) is 4.88. The highest BCUT2D eigenvalue weighted by Crippen LogP contribution is 2.39. The molecule has 0 bridgehead atoms. The van der Waals surface area contributed by atoms with Gasteiger partial charge in [0.15, 0.2) is 11.5 Å². The third-order valence-corrected chi connectivity index (χ3v) is 4.50. The maximum absolute atomic E-state index is 6.12. The molecule has 0 unspecified atom stereocenters. The Morgan fingerprint density at radius 3 is 2.81 bits per heavy atom. The summed E-state index contributed by atoms with van der Waals surface area (Å²) >= 11 is 1.97. The molecule has 1 aliphatic rings. The van der Waals surface area contributed by atoms with E-state index in [1.807, 2.05) is 30.0 Å². The van der Waals surface area contributed by atoms with Crippen molar-refractivity contribution in [2.45, 2.75) is 18.9 Å². The highest BCUT2D eigenvalue weighted by atomic mass is 32.2. The van der Waals surface area contributed by atoms with Gasteiger partial charge in [0, 0.05) is 11.6 Å². The van der Waals surface area contributed by atoms with Gasteiger partial charge in [0.1, 0.15) is 11.8 Å². The van der Waals surface area contributed by atoms with Gasteiger partial charge in [-0.1, -0.05) is 11.2 Å². The van der Waals surface area contributed by atoms with Gasteiger partial charge in [-0.2, -0.15) is 11.8 Å². The van der Waals surface area contributed by atoms with Crippen LogP contribution in [0.25, 0.3) is 11.3 Å². The summed E-state index contributed by atoms with van der Waals surface area (Å²) in [5.41, 5.74) is 7.06. The number of rotatable bonds is 4. The predicted octanol–water partition coefficient (Wildman–Crippen LogP) is 3.21. The lowest BCUT2D eigenvalue weighted by Gasteiger charge is -2.24. The minimum absolute atomic E-state index is 0.248. The van der Waals surface area contributed by atoms with Crippen LogP contribution in [-0.2, 0) is 0 Å². The molecule has 1 fully saturated rings. The number of para-hydroxylation sites is 1. The monoisotopic (exact) mass is 306 g/mol. The van der Waals surface area contributed by atoms with Gasteiger partial charge in [-0.05, 0) is 36.5 Å². The average molecular weight is 306 g/mol. The van der Waals surface area contributed by atoms with Gasteiger partial charge in [-0.25, -0.2) is 0 Å². The number of ether oxygens (including phenoxy) is 2. The fourth-order valence-corrected chi connectivity index (χ4v) is 3.47. The summed E-state index contributed by atoms with van der Waals surface area (Å²) in [6.07, 6.45) is 2.38. The molecule has 1 aliphatic heterocycles. The standard InChI is InChI=1S/C15H18N2O3S/c1-18-15-11(12-9-14(16)20-17-12)3-2-4-13(15)19-10-5-7-21-8-6-10/h2-4,9-10H,5-8,16H2,1H3. The fraction of sp³-hybridized carbons (Fsp3) is 0.400. The van der Waals surface area contributed by atoms with E-state index in [2.05, 4.69) is 5.16 Å². The van der Waals surface area contributed by atoms with Crippen LogP contribution in [0, 0.1) is 0 Å². The van der Waals surface area contributed by atoms with Gasteiger partial charge in [-0.3, -0.25) is 0 Å². The molecule has 5 nitrogen and oxygen atoms in total. The van der Waals surface area contributed by atoms with E-state index in [0.29, 0.717) is 11.4 Å². The first-order valence-electron chi connectivity index (χ1n) is 6.92. The predicted molar refractivity (Wildman–Crippen MR) is 83.9 cm³/mol. The molecule has 2 N–H and O–H groups in total. The third-order valence-electron chi connectivity index (χ3n) is 3.45. The molecule has 0 radical (unpaired) electrons. The van der Waals surface area contributed by atoms with Crippen molar-refractivity contribution in [3.05, 3.63) is 24.3 Å². The van der Waals surface area contributed by atoms with E-state index in [1.54, 1.807) is 13.2 Å². The first-order valence-corrected chi connectivity index (χ1v) is 8.07. The van der Waals surface area contributed by atoms with Crippen LogP contribution < -0.4 is 15.2 Å². The molecule has 1 aromatic carbocycles. The summed E-state index contributed by atoms with van der Waals surface area (Å²) in [5, 5.41) is 3.94. The summed E-state index contributed by atoms with van der Waals surface area (Å²) in [6, 6.07) is 7.45. The van der Waals surface area contributed by atoms with Crippen LogP contribution in [-0.4, -0.2) is 29.9 Å². The number of aromatic nitrogens is 1. The van der Waals surface area contributed by atoms with Crippen LogP contribution in [0.5, 0.6) is 11.5 Å². The Balaban J connectivity index is 1.90. The molecule has 0 saturated carbocycles. The fourth-order valence-electron chi connectivity index (χ4n) is 2.41. The molecule has 0 spiro atoms. The summed E-state index contributed by atoms with van der Waals surface area (Å²) < 4.78 is 16.6. The van der Waals surface area contributed by atoms with Gasteiger partial charge in [0.25, 0.3) is 0 Å². The summed E-state index contributed by atoms with van der Waals surface area (Å²) in [4.78, 5) is 0. The Kier molecular flexibility index (Phi) is 4.24. The van der Waals surface area contributed by atoms with Crippen LogP contribution in [0.15, 0.2) is 28.8 Å². The van der Waals surface area contributed by atoms with Crippen molar-refractivity contribution in [3.63, 3.8) is 0 Å². The van der Waals surface area contributed by atoms with Gasteiger partial charge >= 0.3 is 0 Å². The Morgan fingerprint density at radius 2 is 2.14 bits per heavy atom. The zero-order valence-corrected chi connectivity index (χ0v) is 12.7. The number of benzene rings is 1. The largest absolute Gasteiger partial charge is 0.492 e. The second-order valence-corrected chi connectivity index (χ2v) is 6.11. The van der Waals surface area contributed by atoms with Crippen molar-refractivity contribution < 1.29 is 14.0 Å². The molecule has 0 atom stereocenters. The molecule has 0 aliphatic carbocycles. The third kappa shape index (κ3) is 3.10. The van der Waals surface area contributed by atoms with Crippen molar-refractivity contribution in [1.29, 1.82) is 0 Å². The molecule has 6 heteroatoms. The quantitative estimate of drug-likeness (QED) is 0.935. The molecule has 3 rings (SSSR count). The summed E-state index contributed by atoms with van der Waals surface area (Å²) in [7, 11) is 1.63. The Labute approximate surface area is 127 Å². The van der Waals surface area contributed by atoms with E-state index in [1.165, 1.54) is 0 Å². The number of thioether (sulfide) groups is 1. The van der Waals surface area contributed by atoms with E-state index in [4.69, 9.17) is 19.7 Å². The van der Waals surface area contributed by atoms with E-state index >= 15 is 0 Å². The van der Waals surface area contributed by atoms with Crippen LogP contribution in [0.1, 0.15) is 12.8 Å². The molecular formula is C15H18N2O3S. The maximum Gasteiger partial charge on any atom is 0.222 e. The lowest BCUT2D eigenvalue weighted by atomic mass is 10.1. The van der Waals surface area contributed by atoms with Crippen LogP contribution in [0.3, 0.4) is 0 Å². The average Bonchev–Trinajstić information content (AvgIpc) is 2.94. The Morgan fingerprint density at radius 1 is 1.33 bits per heavy atom. The van der Waals surface area contributed by atoms with Crippen molar-refractivity contribution >= 4 is 17.6 Å². The van der Waals surface area contributed by atoms with Crippen molar-refractivity contribution in [1.82, 2.24) is 5.16 Å². The lowest BCUT2D eigenvalue weighted by Crippen LogP contribution is -2.22. The minimum atomic E-state index is 0.248. The van der Waals surface area contributed by atoms with Crippen LogP contribution in [0.4, 0.5) is 5.88 Å². The smallest absolute Gasteiger partial charge is 0.222 e. The van der Waals surface area contributed by atoms with Gasteiger partial charge < -0.3 is 19.7 Å². The number of nitrogens with zero attached hydrogens (tertiary/aromatic N) is 1. The number of hydrogen-bond donors (Lipinski definition) is 1. The number of hydrogen-bond acceptors (Lipinski definition) is 6. The topological polar surface area (TPSA) is 70.5 Å². The SMILES string of the molecule is COc1c(OC2CCSCC2)cccc1-c1cc(N)on1. The van der Waals surface area contributed by atoms with Crippen molar-refractivity contribution in [2.24, 2.45) is 0 Å². The van der Waals surface area contributed by atoms with Crippen molar-refractivity contribution in [2.75, 3.05) is 24.3 Å². The van der Waals surface area contributed by atoms with Gasteiger partial charge in [0.2, 0.25) is 5.88 Å². The molecule has 1 aromatic heterocycles. The number of nitrogens with two attached hydrogens (primary N) is 1. The van der Waals surface area contributed by atoms with Crippen molar-refractivity contribution in [3.8, 4) is 22.8 Å². The molecular weight excluding hydrogens is 288 g/mol.